The third kappa shape index (κ3) is 2.53. The van der Waals surface area contributed by atoms with Crippen molar-refractivity contribution in [1.82, 2.24) is 14.9 Å². The second-order valence-electron chi connectivity index (χ2n) is 3.10. The molecule has 5 nitrogen and oxygen atoms in total. The number of hydrogen-bond donors (Lipinski definition) is 2. The molecule has 1 aromatic heterocycles. The maximum Gasteiger partial charge on any atom is 0.138 e. The lowest BCUT2D eigenvalue weighted by Gasteiger charge is -2.09. The first-order chi connectivity index (χ1) is 7.66. The van der Waals surface area contributed by atoms with Crippen LogP contribution in [0.15, 0.2) is 33.7 Å². The first-order valence-corrected chi connectivity index (χ1v) is 6.01. The molecule has 0 saturated heterocycles. The number of halogens is 2. The summed E-state index contributed by atoms with van der Waals surface area (Å²) in [6.07, 6.45) is 3.09. The van der Waals surface area contributed by atoms with Crippen LogP contribution in [0.25, 0.3) is 0 Å². The van der Waals surface area contributed by atoms with Gasteiger partial charge in [0.2, 0.25) is 0 Å². The molecule has 0 atom stereocenters. The first-order valence-electron chi connectivity index (χ1n) is 4.42. The largest absolute Gasteiger partial charge is 0.506 e. The lowest BCUT2D eigenvalue weighted by atomic mass is 10.2. The molecule has 0 radical (unpaired) electrons. The van der Waals surface area contributed by atoms with Gasteiger partial charge in [-0.3, -0.25) is 0 Å². The van der Waals surface area contributed by atoms with Crippen molar-refractivity contribution in [3.8, 4) is 5.75 Å². The minimum absolute atomic E-state index is 0.226. The number of rotatable bonds is 3. The molecule has 16 heavy (non-hydrogen) atoms. The molecule has 1 aromatic carbocycles. The lowest BCUT2D eigenvalue weighted by molar-refractivity contribution is 0.464. The molecule has 0 aliphatic carbocycles. The maximum absolute atomic E-state index is 9.80. The Kier molecular flexibility index (Phi) is 3.45. The molecule has 1 heterocycles. The topological polar surface area (TPSA) is 63.0 Å². The van der Waals surface area contributed by atoms with E-state index in [-0.39, 0.29) is 5.75 Å². The highest BCUT2D eigenvalue weighted by Crippen LogP contribution is 2.31. The van der Waals surface area contributed by atoms with Crippen LogP contribution in [-0.4, -0.2) is 20.0 Å². The molecule has 7 heteroatoms. The minimum atomic E-state index is 0.226. The molecule has 0 saturated carbocycles. The van der Waals surface area contributed by atoms with Crippen LogP contribution in [0.1, 0.15) is 5.56 Å². The van der Waals surface area contributed by atoms with E-state index >= 15 is 0 Å². The summed E-state index contributed by atoms with van der Waals surface area (Å²) in [5, 5.41) is 17.1. The van der Waals surface area contributed by atoms with E-state index in [1.54, 1.807) is 23.4 Å². The fourth-order valence-electron chi connectivity index (χ4n) is 1.21. The zero-order valence-electron chi connectivity index (χ0n) is 8.06. The summed E-state index contributed by atoms with van der Waals surface area (Å²) < 4.78 is 3.18. The van der Waals surface area contributed by atoms with Crippen molar-refractivity contribution in [3.05, 3.63) is 39.3 Å². The van der Waals surface area contributed by atoms with E-state index < -0.39 is 0 Å². The zero-order chi connectivity index (χ0) is 11.5. The summed E-state index contributed by atoms with van der Waals surface area (Å²) in [5.74, 6) is 0.226. The molecule has 84 valence electrons. The molecular formula is C9H8Br2N4O. The molecule has 2 rings (SSSR count). The highest BCUT2D eigenvalue weighted by molar-refractivity contribution is 9.11. The van der Waals surface area contributed by atoms with Gasteiger partial charge in [-0.25, -0.2) is 4.68 Å². The Morgan fingerprint density at radius 2 is 1.94 bits per heavy atom. The Hall–Kier alpha value is -1.08. The van der Waals surface area contributed by atoms with Gasteiger partial charge in [0.1, 0.15) is 18.4 Å². The number of phenolic OH excluding ortho intramolecular Hbond substituents is 1. The van der Waals surface area contributed by atoms with Crippen LogP contribution in [0.3, 0.4) is 0 Å². The first kappa shape index (κ1) is 11.4. The van der Waals surface area contributed by atoms with Crippen molar-refractivity contribution in [2.75, 3.05) is 5.43 Å². The second kappa shape index (κ2) is 4.84. The fourth-order valence-corrected chi connectivity index (χ4v) is 2.53. The SMILES string of the molecule is Oc1c(Br)cc(Br)cc1CNn1cnnc1. The number of nitrogens with one attached hydrogen (secondary N) is 1. The summed E-state index contributed by atoms with van der Waals surface area (Å²) in [5.41, 5.74) is 3.80. The van der Waals surface area contributed by atoms with E-state index in [9.17, 15) is 5.11 Å². The molecule has 0 fully saturated rings. The van der Waals surface area contributed by atoms with E-state index in [0.717, 1.165) is 10.0 Å². The summed E-state index contributed by atoms with van der Waals surface area (Å²) >= 11 is 6.64. The van der Waals surface area contributed by atoms with Crippen molar-refractivity contribution in [3.63, 3.8) is 0 Å². The van der Waals surface area contributed by atoms with Gasteiger partial charge in [-0.15, -0.1) is 10.2 Å². The van der Waals surface area contributed by atoms with Crippen LogP contribution < -0.4 is 5.43 Å². The lowest BCUT2D eigenvalue weighted by Crippen LogP contribution is -2.12. The molecule has 0 bridgehead atoms. The molecule has 2 N–H and O–H groups in total. The van der Waals surface area contributed by atoms with Gasteiger partial charge in [-0.1, -0.05) is 15.9 Å². The summed E-state index contributed by atoms with van der Waals surface area (Å²) in [6, 6.07) is 3.63. The Morgan fingerprint density at radius 3 is 2.62 bits per heavy atom. The Labute approximate surface area is 109 Å². The molecular weight excluding hydrogens is 340 g/mol. The summed E-state index contributed by atoms with van der Waals surface area (Å²) in [7, 11) is 0. The quantitative estimate of drug-likeness (QED) is 0.893. The van der Waals surface area contributed by atoms with Crippen molar-refractivity contribution >= 4 is 31.9 Å². The van der Waals surface area contributed by atoms with Crippen LogP contribution in [0.4, 0.5) is 0 Å². The average molecular weight is 348 g/mol. The number of benzene rings is 1. The van der Waals surface area contributed by atoms with Crippen LogP contribution in [0.2, 0.25) is 0 Å². The summed E-state index contributed by atoms with van der Waals surface area (Å²) in [4.78, 5) is 0. The average Bonchev–Trinajstić information content (AvgIpc) is 2.74. The molecule has 0 spiro atoms. The van der Waals surface area contributed by atoms with Crippen molar-refractivity contribution < 1.29 is 5.11 Å². The van der Waals surface area contributed by atoms with E-state index in [1.165, 1.54) is 0 Å². The third-order valence-corrected chi connectivity index (χ3v) is 3.04. The number of nitrogens with zero attached hydrogens (tertiary/aromatic N) is 3. The summed E-state index contributed by atoms with van der Waals surface area (Å²) in [6.45, 7) is 0.474. The Bertz CT molecular complexity index is 487. The molecule has 2 aromatic rings. The van der Waals surface area contributed by atoms with E-state index in [4.69, 9.17) is 0 Å². The number of phenols is 1. The molecule has 0 amide bonds. The Balaban J connectivity index is 2.15. The third-order valence-electron chi connectivity index (χ3n) is 1.98. The predicted octanol–water partition coefficient (Wildman–Crippen LogP) is 2.25. The standard InChI is InChI=1S/C9H8Br2N4O/c10-7-1-6(9(16)8(11)2-7)3-14-15-4-12-13-5-15/h1-2,4-5,14,16H,3H2. The zero-order valence-corrected chi connectivity index (χ0v) is 11.2. The van der Waals surface area contributed by atoms with E-state index in [0.29, 0.717) is 11.0 Å². The minimum Gasteiger partial charge on any atom is -0.506 e. The van der Waals surface area contributed by atoms with Crippen LogP contribution in [-0.2, 0) is 6.54 Å². The maximum atomic E-state index is 9.80. The van der Waals surface area contributed by atoms with Gasteiger partial charge >= 0.3 is 0 Å². The van der Waals surface area contributed by atoms with Gasteiger partial charge < -0.3 is 10.5 Å². The highest BCUT2D eigenvalue weighted by atomic mass is 79.9. The smallest absolute Gasteiger partial charge is 0.138 e. The highest BCUT2D eigenvalue weighted by Gasteiger charge is 2.06. The van der Waals surface area contributed by atoms with Gasteiger partial charge in [-0.05, 0) is 28.1 Å². The van der Waals surface area contributed by atoms with Gasteiger partial charge in [0.05, 0.1) is 11.0 Å². The Morgan fingerprint density at radius 1 is 1.25 bits per heavy atom. The number of aromatic hydroxyl groups is 1. The van der Waals surface area contributed by atoms with Crippen molar-refractivity contribution in [2.24, 2.45) is 0 Å². The second-order valence-corrected chi connectivity index (χ2v) is 4.87. The van der Waals surface area contributed by atoms with Crippen LogP contribution in [0.5, 0.6) is 5.75 Å². The fraction of sp³-hybridized carbons (Fsp3) is 0.111. The van der Waals surface area contributed by atoms with Crippen molar-refractivity contribution in [2.45, 2.75) is 6.54 Å². The van der Waals surface area contributed by atoms with E-state index in [2.05, 4.69) is 47.5 Å². The molecule has 0 aliphatic heterocycles. The molecule has 0 aliphatic rings. The van der Waals surface area contributed by atoms with Crippen LogP contribution >= 0.6 is 31.9 Å². The monoisotopic (exact) mass is 346 g/mol. The normalized spacial score (nSPS) is 10.4. The van der Waals surface area contributed by atoms with Gasteiger partial charge in [0.15, 0.2) is 0 Å². The van der Waals surface area contributed by atoms with Gasteiger partial charge in [0.25, 0.3) is 0 Å². The number of hydrogen-bond acceptors (Lipinski definition) is 4. The van der Waals surface area contributed by atoms with Gasteiger partial charge in [0, 0.05) is 10.0 Å². The van der Waals surface area contributed by atoms with Crippen molar-refractivity contribution in [1.29, 1.82) is 0 Å². The van der Waals surface area contributed by atoms with E-state index in [1.807, 2.05) is 6.07 Å². The molecule has 0 unspecified atom stereocenters. The predicted molar refractivity (Wildman–Crippen MR) is 66.6 cm³/mol. The number of aromatic nitrogens is 3. The van der Waals surface area contributed by atoms with Crippen LogP contribution in [0, 0.1) is 0 Å². The van der Waals surface area contributed by atoms with Gasteiger partial charge in [-0.2, -0.15) is 0 Å².